The van der Waals surface area contributed by atoms with Gasteiger partial charge in [-0.25, -0.2) is 0 Å². The van der Waals surface area contributed by atoms with Gasteiger partial charge in [0.25, 0.3) is 0 Å². The molecule has 0 spiro atoms. The van der Waals surface area contributed by atoms with Gasteiger partial charge >= 0.3 is 0 Å². The third-order valence-corrected chi connectivity index (χ3v) is 4.73. The average molecular weight is 385 g/mol. The van der Waals surface area contributed by atoms with Gasteiger partial charge in [-0.2, -0.15) is 0 Å². The molecule has 1 aliphatic rings. The molecule has 6 nitrogen and oxygen atoms in total. The molecule has 1 saturated heterocycles. The Morgan fingerprint density at radius 3 is 2.07 bits per heavy atom. The number of benzene rings is 2. The number of carbonyl (C=O) groups is 1. The summed E-state index contributed by atoms with van der Waals surface area (Å²) in [4.78, 5) is 11.8. The number of nitrogens with one attached hydrogen (secondary N) is 1. The van der Waals surface area contributed by atoms with Crippen molar-refractivity contribution < 1.29 is 24.1 Å². The highest BCUT2D eigenvalue weighted by molar-refractivity contribution is 5.73. The number of aliphatic hydroxyl groups is 1. The highest BCUT2D eigenvalue weighted by Gasteiger charge is 2.45. The molecule has 2 aromatic carbocycles. The van der Waals surface area contributed by atoms with Gasteiger partial charge < -0.3 is 24.6 Å². The van der Waals surface area contributed by atoms with Gasteiger partial charge in [-0.3, -0.25) is 4.79 Å². The van der Waals surface area contributed by atoms with Crippen LogP contribution in [-0.2, 0) is 32.2 Å². The van der Waals surface area contributed by atoms with Crippen LogP contribution in [0.25, 0.3) is 0 Å². The van der Waals surface area contributed by atoms with Crippen molar-refractivity contribution in [1.82, 2.24) is 5.32 Å². The number of aliphatic hydroxyl groups excluding tert-OH is 1. The maximum absolute atomic E-state index is 11.8. The molecule has 0 saturated carbocycles. The van der Waals surface area contributed by atoms with Crippen LogP contribution in [0.3, 0.4) is 0 Å². The molecule has 1 aliphatic heterocycles. The van der Waals surface area contributed by atoms with Crippen molar-refractivity contribution in [2.45, 2.75) is 57.7 Å². The summed E-state index contributed by atoms with van der Waals surface area (Å²) in [5.41, 5.74) is 1.98. The van der Waals surface area contributed by atoms with Crippen LogP contribution in [0.15, 0.2) is 60.7 Å². The van der Waals surface area contributed by atoms with E-state index in [4.69, 9.17) is 14.2 Å². The summed E-state index contributed by atoms with van der Waals surface area (Å²) in [7, 11) is 0. The van der Waals surface area contributed by atoms with Crippen molar-refractivity contribution in [1.29, 1.82) is 0 Å². The van der Waals surface area contributed by atoms with Gasteiger partial charge in [0.1, 0.15) is 18.2 Å². The van der Waals surface area contributed by atoms with E-state index in [0.29, 0.717) is 13.2 Å². The standard InChI is InChI=1S/C22H27NO5/c1-15-20(25)21(26-13-17-9-5-3-6-10-17)19(23-16(2)24)22(28-15)27-14-18-11-7-4-8-12-18/h3-12,15,19-22,25H,13-14H2,1-2H3,(H,23,24)/t15-,19+,20+,21+,22-/m0/s1. The van der Waals surface area contributed by atoms with Crippen molar-refractivity contribution in [3.05, 3.63) is 71.8 Å². The van der Waals surface area contributed by atoms with E-state index in [9.17, 15) is 9.90 Å². The second-order valence-corrected chi connectivity index (χ2v) is 6.98. The summed E-state index contributed by atoms with van der Waals surface area (Å²) in [6, 6.07) is 18.8. The van der Waals surface area contributed by atoms with Crippen LogP contribution in [0.1, 0.15) is 25.0 Å². The van der Waals surface area contributed by atoms with E-state index < -0.39 is 30.6 Å². The minimum absolute atomic E-state index is 0.239. The molecular weight excluding hydrogens is 358 g/mol. The van der Waals surface area contributed by atoms with Gasteiger partial charge in [0.05, 0.1) is 19.3 Å². The first-order chi connectivity index (χ1) is 13.5. The highest BCUT2D eigenvalue weighted by Crippen LogP contribution is 2.26. The second-order valence-electron chi connectivity index (χ2n) is 6.98. The lowest BCUT2D eigenvalue weighted by Crippen LogP contribution is -2.64. The number of hydrogen-bond acceptors (Lipinski definition) is 5. The van der Waals surface area contributed by atoms with Gasteiger partial charge in [-0.05, 0) is 18.1 Å². The maximum Gasteiger partial charge on any atom is 0.217 e. The van der Waals surface area contributed by atoms with E-state index in [1.807, 2.05) is 60.7 Å². The van der Waals surface area contributed by atoms with Gasteiger partial charge in [0, 0.05) is 6.92 Å². The molecule has 2 aromatic rings. The van der Waals surface area contributed by atoms with Crippen molar-refractivity contribution in [3.8, 4) is 0 Å². The topological polar surface area (TPSA) is 77.0 Å². The summed E-state index contributed by atoms with van der Waals surface area (Å²) >= 11 is 0. The lowest BCUT2D eigenvalue weighted by atomic mass is 9.97. The van der Waals surface area contributed by atoms with Gasteiger partial charge in [-0.15, -0.1) is 0 Å². The monoisotopic (exact) mass is 385 g/mol. The minimum Gasteiger partial charge on any atom is -0.388 e. The predicted octanol–water partition coefficient (Wildman–Crippen LogP) is 2.40. The largest absolute Gasteiger partial charge is 0.388 e. The Morgan fingerprint density at radius 2 is 1.54 bits per heavy atom. The molecule has 0 radical (unpaired) electrons. The predicted molar refractivity (Wildman–Crippen MR) is 104 cm³/mol. The van der Waals surface area contributed by atoms with E-state index in [2.05, 4.69) is 5.32 Å². The van der Waals surface area contributed by atoms with E-state index in [0.717, 1.165) is 11.1 Å². The van der Waals surface area contributed by atoms with E-state index in [-0.39, 0.29) is 5.91 Å². The molecule has 5 atom stereocenters. The number of hydrogen-bond donors (Lipinski definition) is 2. The Hall–Kier alpha value is -2.25. The number of amides is 1. The third kappa shape index (κ3) is 5.39. The zero-order valence-electron chi connectivity index (χ0n) is 16.2. The zero-order chi connectivity index (χ0) is 19.9. The van der Waals surface area contributed by atoms with E-state index >= 15 is 0 Å². The number of rotatable bonds is 7. The quantitative estimate of drug-likeness (QED) is 0.765. The summed E-state index contributed by atoms with van der Waals surface area (Å²) in [5, 5.41) is 13.5. The van der Waals surface area contributed by atoms with Crippen LogP contribution in [-0.4, -0.2) is 41.7 Å². The number of ether oxygens (including phenoxy) is 3. The van der Waals surface area contributed by atoms with Crippen molar-refractivity contribution in [2.24, 2.45) is 0 Å². The summed E-state index contributed by atoms with van der Waals surface area (Å²) in [6.45, 7) is 3.84. The summed E-state index contributed by atoms with van der Waals surface area (Å²) in [6.07, 6.45) is -2.78. The molecule has 1 heterocycles. The molecule has 0 aromatic heterocycles. The smallest absolute Gasteiger partial charge is 0.217 e. The fraction of sp³-hybridized carbons (Fsp3) is 0.409. The summed E-state index contributed by atoms with van der Waals surface area (Å²) < 4.78 is 17.8. The molecule has 28 heavy (non-hydrogen) atoms. The first-order valence-corrected chi connectivity index (χ1v) is 9.46. The van der Waals surface area contributed by atoms with Crippen LogP contribution in [0.2, 0.25) is 0 Å². The molecule has 150 valence electrons. The Kier molecular flexibility index (Phi) is 7.17. The fourth-order valence-corrected chi connectivity index (χ4v) is 3.26. The number of carbonyl (C=O) groups excluding carboxylic acids is 1. The minimum atomic E-state index is -0.892. The lowest BCUT2D eigenvalue weighted by molar-refractivity contribution is -0.272. The lowest BCUT2D eigenvalue weighted by Gasteiger charge is -2.43. The molecule has 1 amide bonds. The van der Waals surface area contributed by atoms with Crippen LogP contribution in [0.5, 0.6) is 0 Å². The van der Waals surface area contributed by atoms with Gasteiger partial charge in [0.2, 0.25) is 5.91 Å². The maximum atomic E-state index is 11.8. The zero-order valence-corrected chi connectivity index (χ0v) is 16.2. The van der Waals surface area contributed by atoms with Crippen LogP contribution < -0.4 is 5.32 Å². The Labute approximate surface area is 165 Å². The van der Waals surface area contributed by atoms with E-state index in [1.54, 1.807) is 6.92 Å². The molecule has 0 aliphatic carbocycles. The third-order valence-electron chi connectivity index (χ3n) is 4.73. The molecule has 2 N–H and O–H groups in total. The second kappa shape index (κ2) is 9.80. The SMILES string of the molecule is CC(=O)N[C@H]1[C@@H](OCc2ccccc2)O[C@@H](C)[C@@H](O)[C@@H]1OCc1ccccc1. The first kappa shape index (κ1) is 20.5. The fourth-order valence-electron chi connectivity index (χ4n) is 3.26. The van der Waals surface area contributed by atoms with Crippen LogP contribution in [0.4, 0.5) is 0 Å². The van der Waals surface area contributed by atoms with E-state index in [1.165, 1.54) is 6.92 Å². The Morgan fingerprint density at radius 1 is 1.00 bits per heavy atom. The Balaban J connectivity index is 1.73. The van der Waals surface area contributed by atoms with Crippen molar-refractivity contribution in [3.63, 3.8) is 0 Å². The normalized spacial score (nSPS) is 27.3. The molecule has 0 bridgehead atoms. The van der Waals surface area contributed by atoms with Gasteiger partial charge in [-0.1, -0.05) is 60.7 Å². The van der Waals surface area contributed by atoms with Crippen molar-refractivity contribution >= 4 is 5.91 Å². The molecule has 0 unspecified atom stereocenters. The molecule has 3 rings (SSSR count). The molecular formula is C22H27NO5. The van der Waals surface area contributed by atoms with Crippen molar-refractivity contribution in [2.75, 3.05) is 0 Å². The van der Waals surface area contributed by atoms with Crippen LogP contribution >= 0.6 is 0 Å². The summed E-state index contributed by atoms with van der Waals surface area (Å²) in [5.74, 6) is -0.239. The van der Waals surface area contributed by atoms with Crippen LogP contribution in [0, 0.1) is 0 Å². The molecule has 1 fully saturated rings. The highest BCUT2D eigenvalue weighted by atomic mass is 16.7. The Bertz CT molecular complexity index is 739. The van der Waals surface area contributed by atoms with Gasteiger partial charge in [0.15, 0.2) is 6.29 Å². The molecule has 6 heteroatoms. The average Bonchev–Trinajstić information content (AvgIpc) is 2.70. The first-order valence-electron chi connectivity index (χ1n) is 9.46.